The summed E-state index contributed by atoms with van der Waals surface area (Å²) in [5, 5.41) is 3.37. The molecule has 9 heavy (non-hydrogen) atoms. The van der Waals surface area contributed by atoms with E-state index in [2.05, 4.69) is 5.32 Å². The minimum absolute atomic E-state index is 0.574. The van der Waals surface area contributed by atoms with Gasteiger partial charge < -0.3 is 10.1 Å². The Morgan fingerprint density at radius 1 is 1.44 bits per heavy atom. The van der Waals surface area contributed by atoms with Crippen molar-refractivity contribution >= 4 is 0 Å². The number of fused-ring (bicyclic) bond motifs is 1. The van der Waals surface area contributed by atoms with Crippen LogP contribution in [0, 0.1) is 11.8 Å². The molecular formula is C7H13NO. The molecule has 2 rings (SSSR count). The summed E-state index contributed by atoms with van der Waals surface area (Å²) >= 11 is 0. The quantitative estimate of drug-likeness (QED) is 0.545. The minimum atomic E-state index is 0.574. The van der Waals surface area contributed by atoms with E-state index in [1.807, 2.05) is 7.11 Å². The van der Waals surface area contributed by atoms with Gasteiger partial charge in [-0.05, 0) is 18.9 Å². The zero-order chi connectivity index (χ0) is 6.27. The molecule has 52 valence electrons. The van der Waals surface area contributed by atoms with E-state index in [-0.39, 0.29) is 0 Å². The van der Waals surface area contributed by atoms with Gasteiger partial charge in [0, 0.05) is 19.6 Å². The van der Waals surface area contributed by atoms with E-state index in [1.165, 1.54) is 19.5 Å². The SMILES string of the molecule is COC1CC2CNCC21. The van der Waals surface area contributed by atoms with Gasteiger partial charge in [0.25, 0.3) is 0 Å². The molecule has 2 fully saturated rings. The molecule has 3 atom stereocenters. The maximum Gasteiger partial charge on any atom is 0.0618 e. The average Bonchev–Trinajstić information content (AvgIpc) is 2.14. The first-order valence-corrected chi connectivity index (χ1v) is 3.65. The van der Waals surface area contributed by atoms with Gasteiger partial charge in [-0.25, -0.2) is 0 Å². The predicted molar refractivity (Wildman–Crippen MR) is 35.3 cm³/mol. The summed E-state index contributed by atoms with van der Waals surface area (Å²) in [6.07, 6.45) is 1.86. The lowest BCUT2D eigenvalue weighted by Crippen LogP contribution is -2.41. The van der Waals surface area contributed by atoms with Gasteiger partial charge in [-0.3, -0.25) is 0 Å². The van der Waals surface area contributed by atoms with Crippen molar-refractivity contribution in [3.8, 4) is 0 Å². The summed E-state index contributed by atoms with van der Waals surface area (Å²) in [6, 6.07) is 0. The van der Waals surface area contributed by atoms with E-state index in [1.54, 1.807) is 0 Å². The largest absolute Gasteiger partial charge is 0.381 e. The molecule has 1 saturated carbocycles. The molecule has 0 aromatic rings. The third kappa shape index (κ3) is 0.700. The molecule has 1 saturated heterocycles. The van der Waals surface area contributed by atoms with Crippen LogP contribution < -0.4 is 5.32 Å². The highest BCUT2D eigenvalue weighted by Gasteiger charge is 2.43. The van der Waals surface area contributed by atoms with E-state index in [0.29, 0.717) is 6.10 Å². The maximum atomic E-state index is 5.26. The standard InChI is InChI=1S/C7H13NO/c1-9-7-2-5-3-8-4-6(5)7/h5-8H,2-4H2,1H3. The van der Waals surface area contributed by atoms with E-state index < -0.39 is 0 Å². The van der Waals surface area contributed by atoms with E-state index >= 15 is 0 Å². The first-order chi connectivity index (χ1) is 4.42. The van der Waals surface area contributed by atoms with Gasteiger partial charge in [0.15, 0.2) is 0 Å². The lowest BCUT2D eigenvalue weighted by Gasteiger charge is -2.38. The van der Waals surface area contributed by atoms with Crippen LogP contribution in [-0.2, 0) is 4.74 Å². The van der Waals surface area contributed by atoms with Gasteiger partial charge in [0.1, 0.15) is 0 Å². The van der Waals surface area contributed by atoms with E-state index in [4.69, 9.17) is 4.74 Å². The van der Waals surface area contributed by atoms with Crippen molar-refractivity contribution in [1.29, 1.82) is 0 Å². The molecule has 1 heterocycles. The maximum absolute atomic E-state index is 5.26. The second kappa shape index (κ2) is 1.96. The minimum Gasteiger partial charge on any atom is -0.381 e. The normalized spacial score (nSPS) is 48.3. The molecule has 2 nitrogen and oxygen atoms in total. The Morgan fingerprint density at radius 3 is 3.00 bits per heavy atom. The first-order valence-electron chi connectivity index (χ1n) is 3.65. The average molecular weight is 127 g/mol. The molecule has 3 unspecified atom stereocenters. The molecule has 0 bridgehead atoms. The van der Waals surface area contributed by atoms with Crippen LogP contribution in [0.5, 0.6) is 0 Å². The van der Waals surface area contributed by atoms with Crippen molar-refractivity contribution < 1.29 is 4.74 Å². The second-order valence-electron chi connectivity index (χ2n) is 3.09. The van der Waals surface area contributed by atoms with Crippen LogP contribution in [0.25, 0.3) is 0 Å². The van der Waals surface area contributed by atoms with Crippen LogP contribution in [0.3, 0.4) is 0 Å². The topological polar surface area (TPSA) is 21.3 Å². The number of ether oxygens (including phenoxy) is 1. The van der Waals surface area contributed by atoms with Crippen LogP contribution in [0.1, 0.15) is 6.42 Å². The fourth-order valence-electron chi connectivity index (χ4n) is 1.99. The molecule has 2 heteroatoms. The summed E-state index contributed by atoms with van der Waals surface area (Å²) in [5.74, 6) is 1.78. The van der Waals surface area contributed by atoms with Crippen molar-refractivity contribution in [2.24, 2.45) is 11.8 Å². The Balaban J connectivity index is 1.93. The summed E-state index contributed by atoms with van der Waals surface area (Å²) in [5.41, 5.74) is 0. The summed E-state index contributed by atoms with van der Waals surface area (Å²) in [4.78, 5) is 0. The molecule has 0 amide bonds. The van der Waals surface area contributed by atoms with Crippen LogP contribution in [0.2, 0.25) is 0 Å². The van der Waals surface area contributed by atoms with Gasteiger partial charge in [-0.2, -0.15) is 0 Å². The molecule has 0 aromatic heterocycles. The number of methoxy groups -OCH3 is 1. The fraction of sp³-hybridized carbons (Fsp3) is 1.00. The van der Waals surface area contributed by atoms with Gasteiger partial charge in [-0.1, -0.05) is 0 Å². The van der Waals surface area contributed by atoms with Crippen molar-refractivity contribution in [3.05, 3.63) is 0 Å². The van der Waals surface area contributed by atoms with Crippen LogP contribution in [-0.4, -0.2) is 26.3 Å². The Bertz CT molecular complexity index is 115. The molecule has 0 aromatic carbocycles. The Hall–Kier alpha value is -0.0800. The summed E-state index contributed by atoms with van der Waals surface area (Å²) in [7, 11) is 1.82. The summed E-state index contributed by atoms with van der Waals surface area (Å²) in [6.45, 7) is 2.41. The van der Waals surface area contributed by atoms with Crippen molar-refractivity contribution in [3.63, 3.8) is 0 Å². The molecule has 1 N–H and O–H groups in total. The molecule has 0 spiro atoms. The van der Waals surface area contributed by atoms with Gasteiger partial charge in [0.2, 0.25) is 0 Å². The van der Waals surface area contributed by atoms with Crippen molar-refractivity contribution in [2.75, 3.05) is 20.2 Å². The number of rotatable bonds is 1. The third-order valence-corrected chi connectivity index (χ3v) is 2.71. The zero-order valence-corrected chi connectivity index (χ0v) is 5.76. The van der Waals surface area contributed by atoms with Crippen LogP contribution in [0.15, 0.2) is 0 Å². The number of hydrogen-bond donors (Lipinski definition) is 1. The number of nitrogens with one attached hydrogen (secondary N) is 1. The third-order valence-electron chi connectivity index (χ3n) is 2.71. The van der Waals surface area contributed by atoms with E-state index in [0.717, 1.165) is 11.8 Å². The Morgan fingerprint density at radius 2 is 2.33 bits per heavy atom. The highest BCUT2D eigenvalue weighted by Crippen LogP contribution is 2.38. The molecule has 2 aliphatic rings. The zero-order valence-electron chi connectivity index (χ0n) is 5.76. The first kappa shape index (κ1) is 5.69. The van der Waals surface area contributed by atoms with Gasteiger partial charge in [-0.15, -0.1) is 0 Å². The molecule has 1 aliphatic carbocycles. The van der Waals surface area contributed by atoms with Crippen molar-refractivity contribution in [2.45, 2.75) is 12.5 Å². The molecular weight excluding hydrogens is 114 g/mol. The van der Waals surface area contributed by atoms with Crippen LogP contribution in [0.4, 0.5) is 0 Å². The highest BCUT2D eigenvalue weighted by molar-refractivity contribution is 4.96. The summed E-state index contributed by atoms with van der Waals surface area (Å²) < 4.78 is 5.26. The Labute approximate surface area is 55.6 Å². The highest BCUT2D eigenvalue weighted by atomic mass is 16.5. The van der Waals surface area contributed by atoms with Crippen molar-refractivity contribution in [1.82, 2.24) is 5.32 Å². The lowest BCUT2D eigenvalue weighted by molar-refractivity contribution is -0.0390. The monoisotopic (exact) mass is 127 g/mol. The second-order valence-corrected chi connectivity index (χ2v) is 3.09. The van der Waals surface area contributed by atoms with E-state index in [9.17, 15) is 0 Å². The number of hydrogen-bond acceptors (Lipinski definition) is 2. The van der Waals surface area contributed by atoms with Crippen LogP contribution >= 0.6 is 0 Å². The fourth-order valence-corrected chi connectivity index (χ4v) is 1.99. The molecule has 1 aliphatic heterocycles. The smallest absolute Gasteiger partial charge is 0.0618 e. The lowest BCUT2D eigenvalue weighted by atomic mass is 9.73. The van der Waals surface area contributed by atoms with Gasteiger partial charge >= 0.3 is 0 Å². The van der Waals surface area contributed by atoms with Gasteiger partial charge in [0.05, 0.1) is 6.10 Å². The predicted octanol–water partition coefficient (Wildman–Crippen LogP) is 0.241. The Kier molecular flexibility index (Phi) is 1.24. The molecule has 0 radical (unpaired) electrons.